The number of hydrogen-bond acceptors (Lipinski definition) is 4. The molecule has 0 saturated heterocycles. The van der Waals surface area contributed by atoms with Crippen molar-refractivity contribution in [3.05, 3.63) is 71.0 Å². The largest absolute Gasteiger partial charge is 0.475 e. The fourth-order valence-electron chi connectivity index (χ4n) is 3.01. The first-order chi connectivity index (χ1) is 15.0. The molecule has 0 heterocycles. The van der Waals surface area contributed by atoms with Gasteiger partial charge in [-0.1, -0.05) is 12.1 Å². The Morgan fingerprint density at radius 3 is 2.16 bits per heavy atom. The molecular formula is C21H23BF4N2O4. The summed E-state index contributed by atoms with van der Waals surface area (Å²) in [6.07, 6.45) is -4.62. The molecule has 0 bridgehead atoms. The molecule has 172 valence electrons. The van der Waals surface area contributed by atoms with E-state index in [1.807, 2.05) is 0 Å². The predicted octanol–water partition coefficient (Wildman–Crippen LogP) is 2.44. The van der Waals surface area contributed by atoms with Gasteiger partial charge < -0.3 is 20.3 Å². The minimum atomic E-state index is -4.51. The van der Waals surface area contributed by atoms with Crippen LogP contribution >= 0.6 is 0 Å². The molecule has 0 aliphatic rings. The zero-order chi connectivity index (χ0) is 23.9. The fourth-order valence-corrected chi connectivity index (χ4v) is 3.01. The molecule has 32 heavy (non-hydrogen) atoms. The van der Waals surface area contributed by atoms with Crippen molar-refractivity contribution in [1.29, 1.82) is 0 Å². The van der Waals surface area contributed by atoms with Gasteiger partial charge in [-0.15, -0.1) is 0 Å². The van der Waals surface area contributed by atoms with Gasteiger partial charge in [0.1, 0.15) is 5.82 Å². The van der Waals surface area contributed by atoms with Gasteiger partial charge in [-0.2, -0.15) is 13.2 Å². The van der Waals surface area contributed by atoms with E-state index in [2.05, 4.69) is 5.32 Å². The summed E-state index contributed by atoms with van der Waals surface area (Å²) in [4.78, 5) is 26.1. The van der Waals surface area contributed by atoms with E-state index < -0.39 is 42.4 Å². The van der Waals surface area contributed by atoms with Gasteiger partial charge in [0, 0.05) is 25.1 Å². The van der Waals surface area contributed by atoms with Crippen LogP contribution in [0.1, 0.15) is 34.8 Å². The molecule has 0 fully saturated rings. The number of carbonyl (C=O) groups is 2. The molecule has 2 aromatic carbocycles. The first kappa shape index (κ1) is 25.3. The Balaban J connectivity index is 1.94. The van der Waals surface area contributed by atoms with Gasteiger partial charge in [0.15, 0.2) is 0 Å². The summed E-state index contributed by atoms with van der Waals surface area (Å²) in [5.41, 5.74) is -0.232. The second kappa shape index (κ2) is 11.1. The highest BCUT2D eigenvalue weighted by Gasteiger charge is 2.30. The molecule has 2 aromatic rings. The van der Waals surface area contributed by atoms with Gasteiger partial charge in [0.25, 0.3) is 5.91 Å². The molecule has 2 amide bonds. The Hall–Kier alpha value is -2.92. The monoisotopic (exact) mass is 454 g/mol. The van der Waals surface area contributed by atoms with E-state index in [0.717, 1.165) is 24.3 Å². The van der Waals surface area contributed by atoms with Crippen molar-refractivity contribution in [2.24, 2.45) is 0 Å². The summed E-state index contributed by atoms with van der Waals surface area (Å²) >= 11 is 0. The van der Waals surface area contributed by atoms with E-state index in [1.165, 1.54) is 29.2 Å². The van der Waals surface area contributed by atoms with E-state index >= 15 is 0 Å². The van der Waals surface area contributed by atoms with Crippen molar-refractivity contribution >= 4 is 18.9 Å². The first-order valence-corrected chi connectivity index (χ1v) is 9.87. The van der Waals surface area contributed by atoms with Crippen LogP contribution in [0.2, 0.25) is 0 Å². The average Bonchev–Trinajstić information content (AvgIpc) is 2.74. The van der Waals surface area contributed by atoms with Crippen LogP contribution in [0.25, 0.3) is 0 Å². The minimum absolute atomic E-state index is 0.0209. The molecule has 11 heteroatoms. The maximum atomic E-state index is 13.0. The molecule has 0 saturated carbocycles. The SMILES string of the molecule is CCN(CCC(=O)N[C@@H](Cc1ccc(F)cc1)B(O)O)C(=O)c1ccc(C(F)(F)F)cc1. The minimum Gasteiger partial charge on any atom is -0.426 e. The number of alkyl halides is 3. The van der Waals surface area contributed by atoms with Crippen LogP contribution in [-0.4, -0.2) is 52.9 Å². The quantitative estimate of drug-likeness (QED) is 0.401. The summed E-state index contributed by atoms with van der Waals surface area (Å²) in [5, 5.41) is 21.5. The Bertz CT molecular complexity index is 906. The summed E-state index contributed by atoms with van der Waals surface area (Å²) in [6.45, 7) is 1.86. The van der Waals surface area contributed by atoms with Crippen molar-refractivity contribution in [3.63, 3.8) is 0 Å². The lowest BCUT2D eigenvalue weighted by Crippen LogP contribution is -2.48. The number of rotatable bonds is 9. The maximum Gasteiger partial charge on any atom is 0.475 e. The van der Waals surface area contributed by atoms with Crippen molar-refractivity contribution < 1.29 is 37.2 Å². The lowest BCUT2D eigenvalue weighted by Gasteiger charge is -2.22. The normalized spacial score (nSPS) is 12.2. The molecule has 0 radical (unpaired) electrons. The van der Waals surface area contributed by atoms with Gasteiger partial charge in [-0.05, 0) is 55.3 Å². The molecule has 3 N–H and O–H groups in total. The van der Waals surface area contributed by atoms with E-state index in [4.69, 9.17) is 0 Å². The van der Waals surface area contributed by atoms with Crippen LogP contribution in [0.4, 0.5) is 17.6 Å². The number of amides is 2. The number of nitrogens with zero attached hydrogens (tertiary/aromatic N) is 1. The second-order valence-corrected chi connectivity index (χ2v) is 7.13. The second-order valence-electron chi connectivity index (χ2n) is 7.13. The first-order valence-electron chi connectivity index (χ1n) is 9.87. The molecule has 2 rings (SSSR count). The third-order valence-corrected chi connectivity index (χ3v) is 4.81. The van der Waals surface area contributed by atoms with Gasteiger partial charge in [-0.3, -0.25) is 9.59 Å². The number of hydrogen-bond donors (Lipinski definition) is 3. The summed E-state index contributed by atoms with van der Waals surface area (Å²) in [5.74, 6) is -2.58. The highest BCUT2D eigenvalue weighted by Crippen LogP contribution is 2.29. The zero-order valence-electron chi connectivity index (χ0n) is 17.3. The molecule has 0 unspecified atom stereocenters. The predicted molar refractivity (Wildman–Crippen MR) is 110 cm³/mol. The van der Waals surface area contributed by atoms with E-state index in [1.54, 1.807) is 6.92 Å². The highest BCUT2D eigenvalue weighted by atomic mass is 19.4. The molecular weight excluding hydrogens is 431 g/mol. The lowest BCUT2D eigenvalue weighted by molar-refractivity contribution is -0.137. The summed E-state index contributed by atoms with van der Waals surface area (Å²) in [6, 6.07) is 9.13. The maximum absolute atomic E-state index is 13.0. The Morgan fingerprint density at radius 1 is 1.06 bits per heavy atom. The summed E-state index contributed by atoms with van der Waals surface area (Å²) < 4.78 is 51.0. The van der Waals surface area contributed by atoms with E-state index in [-0.39, 0.29) is 31.5 Å². The number of benzene rings is 2. The Labute approximate surface area is 183 Å². The standard InChI is InChI=1S/C21H23BF4N2O4/c1-2-28(20(30)15-5-7-16(8-6-15)21(24,25)26)12-11-19(29)27-18(22(31)32)13-14-3-9-17(23)10-4-14/h3-10,18,31-32H,2,11-13H2,1H3,(H,27,29)/t18-/m0/s1. The van der Waals surface area contributed by atoms with E-state index in [0.29, 0.717) is 5.56 Å². The van der Waals surface area contributed by atoms with Crippen LogP contribution in [0.15, 0.2) is 48.5 Å². The van der Waals surface area contributed by atoms with Crippen molar-refractivity contribution in [2.75, 3.05) is 13.1 Å². The van der Waals surface area contributed by atoms with Crippen LogP contribution in [0, 0.1) is 5.82 Å². The Morgan fingerprint density at radius 2 is 1.66 bits per heavy atom. The van der Waals surface area contributed by atoms with Gasteiger partial charge in [-0.25, -0.2) is 4.39 Å². The molecule has 0 aliphatic heterocycles. The number of nitrogens with one attached hydrogen (secondary N) is 1. The molecule has 0 aliphatic carbocycles. The van der Waals surface area contributed by atoms with Crippen molar-refractivity contribution in [3.8, 4) is 0 Å². The van der Waals surface area contributed by atoms with Crippen molar-refractivity contribution in [1.82, 2.24) is 10.2 Å². The topological polar surface area (TPSA) is 89.9 Å². The average molecular weight is 454 g/mol. The third-order valence-electron chi connectivity index (χ3n) is 4.81. The van der Waals surface area contributed by atoms with Crippen LogP contribution < -0.4 is 5.32 Å². The Kier molecular flexibility index (Phi) is 8.79. The van der Waals surface area contributed by atoms with E-state index in [9.17, 15) is 37.2 Å². The molecule has 0 aromatic heterocycles. The van der Waals surface area contributed by atoms with Gasteiger partial charge >= 0.3 is 13.3 Å². The van der Waals surface area contributed by atoms with Crippen LogP contribution in [0.5, 0.6) is 0 Å². The zero-order valence-corrected chi connectivity index (χ0v) is 17.3. The molecule has 1 atom stereocenters. The molecule has 6 nitrogen and oxygen atoms in total. The smallest absolute Gasteiger partial charge is 0.426 e. The highest BCUT2D eigenvalue weighted by molar-refractivity contribution is 6.43. The summed E-state index contributed by atoms with van der Waals surface area (Å²) in [7, 11) is -1.86. The third kappa shape index (κ3) is 7.35. The number of halogens is 4. The van der Waals surface area contributed by atoms with Crippen LogP contribution in [0.3, 0.4) is 0 Å². The van der Waals surface area contributed by atoms with Crippen molar-refractivity contribution in [2.45, 2.75) is 31.9 Å². The van der Waals surface area contributed by atoms with Gasteiger partial charge in [0.2, 0.25) is 5.91 Å². The number of carbonyl (C=O) groups excluding carboxylic acids is 2. The fraction of sp³-hybridized carbons (Fsp3) is 0.333. The van der Waals surface area contributed by atoms with Gasteiger partial charge in [0.05, 0.1) is 11.5 Å². The van der Waals surface area contributed by atoms with Crippen LogP contribution in [-0.2, 0) is 17.4 Å². The molecule has 0 spiro atoms. The lowest BCUT2D eigenvalue weighted by atomic mass is 9.76.